The molecule has 0 fully saturated rings. The average Bonchev–Trinajstić information content (AvgIpc) is 2.98. The highest BCUT2D eigenvalue weighted by Crippen LogP contribution is 2.30. The molecule has 0 aromatic heterocycles. The van der Waals surface area contributed by atoms with E-state index in [-0.39, 0.29) is 29.2 Å². The maximum Gasteiger partial charge on any atom is 0.387 e. The number of imide groups is 1. The molecule has 158 valence electrons. The van der Waals surface area contributed by atoms with Crippen molar-refractivity contribution in [2.75, 3.05) is 14.2 Å². The first-order chi connectivity index (χ1) is 14.2. The number of carbonyl (C=O) groups excluding carboxylic acids is 3. The van der Waals surface area contributed by atoms with Crippen LogP contribution in [-0.2, 0) is 11.3 Å². The van der Waals surface area contributed by atoms with E-state index >= 15 is 0 Å². The lowest BCUT2D eigenvalue weighted by atomic mass is 10.1. The van der Waals surface area contributed by atoms with Crippen LogP contribution in [0.3, 0.4) is 0 Å². The predicted molar refractivity (Wildman–Crippen MR) is 103 cm³/mol. The van der Waals surface area contributed by atoms with Gasteiger partial charge in [0.05, 0.1) is 18.2 Å². The van der Waals surface area contributed by atoms with Crippen molar-refractivity contribution in [3.8, 4) is 11.5 Å². The maximum absolute atomic E-state index is 12.9. The van der Waals surface area contributed by atoms with Crippen molar-refractivity contribution >= 4 is 17.7 Å². The fraction of sp³-hybridized carbons (Fsp3) is 0.286. The highest BCUT2D eigenvalue weighted by molar-refractivity contribution is 6.22. The van der Waals surface area contributed by atoms with E-state index in [1.54, 1.807) is 24.3 Å². The van der Waals surface area contributed by atoms with Crippen molar-refractivity contribution in [3.05, 3.63) is 59.2 Å². The molecule has 0 bridgehead atoms. The van der Waals surface area contributed by atoms with Gasteiger partial charge in [0.2, 0.25) is 5.91 Å². The van der Waals surface area contributed by atoms with Gasteiger partial charge in [-0.25, -0.2) is 0 Å². The van der Waals surface area contributed by atoms with Gasteiger partial charge in [0.1, 0.15) is 6.04 Å². The number of benzene rings is 2. The largest absolute Gasteiger partial charge is 0.493 e. The van der Waals surface area contributed by atoms with Gasteiger partial charge in [-0.05, 0) is 36.8 Å². The first kappa shape index (κ1) is 21.2. The van der Waals surface area contributed by atoms with Crippen molar-refractivity contribution in [1.29, 1.82) is 0 Å². The molecule has 3 rings (SSSR count). The summed E-state index contributed by atoms with van der Waals surface area (Å²) in [4.78, 5) is 40.3. The van der Waals surface area contributed by atoms with Crippen LogP contribution in [-0.4, -0.2) is 54.3 Å². The van der Waals surface area contributed by atoms with Crippen LogP contribution in [0.1, 0.15) is 33.2 Å². The number of ether oxygens (including phenoxy) is 2. The first-order valence-electron chi connectivity index (χ1n) is 9.08. The van der Waals surface area contributed by atoms with Crippen molar-refractivity contribution in [2.24, 2.45) is 0 Å². The summed E-state index contributed by atoms with van der Waals surface area (Å²) >= 11 is 0. The predicted octanol–water partition coefficient (Wildman–Crippen LogP) is 2.94. The van der Waals surface area contributed by atoms with Gasteiger partial charge in [-0.1, -0.05) is 18.2 Å². The Labute approximate surface area is 171 Å². The van der Waals surface area contributed by atoms with E-state index in [1.165, 1.54) is 44.2 Å². The molecule has 3 amide bonds. The molecule has 0 radical (unpaired) electrons. The molecule has 0 saturated heterocycles. The van der Waals surface area contributed by atoms with Crippen LogP contribution in [0.2, 0.25) is 0 Å². The van der Waals surface area contributed by atoms with E-state index in [0.717, 1.165) is 4.90 Å². The Hall–Kier alpha value is -3.49. The SMILES string of the molecule is COc1cc(CN(C)C(=O)[C@H](C)N2C(=O)c3ccccc3C2=O)ccc1OC(F)F. The molecule has 0 aliphatic carbocycles. The highest BCUT2D eigenvalue weighted by Gasteiger charge is 2.41. The summed E-state index contributed by atoms with van der Waals surface area (Å²) in [6.45, 7) is -1.40. The number of amides is 3. The molecular weight excluding hydrogens is 398 g/mol. The summed E-state index contributed by atoms with van der Waals surface area (Å²) in [5.74, 6) is -1.50. The fourth-order valence-electron chi connectivity index (χ4n) is 3.34. The fourth-order valence-corrected chi connectivity index (χ4v) is 3.34. The number of rotatable bonds is 7. The lowest BCUT2D eigenvalue weighted by Gasteiger charge is -2.27. The Balaban J connectivity index is 1.73. The van der Waals surface area contributed by atoms with Gasteiger partial charge < -0.3 is 14.4 Å². The van der Waals surface area contributed by atoms with Crippen LogP contribution in [0.25, 0.3) is 0 Å². The van der Waals surface area contributed by atoms with Gasteiger partial charge in [-0.15, -0.1) is 0 Å². The molecule has 1 heterocycles. The van der Waals surface area contributed by atoms with E-state index < -0.39 is 30.4 Å². The average molecular weight is 418 g/mol. The van der Waals surface area contributed by atoms with E-state index in [2.05, 4.69) is 4.74 Å². The molecule has 30 heavy (non-hydrogen) atoms. The number of alkyl halides is 2. The number of fused-ring (bicyclic) bond motifs is 1. The van der Waals surface area contributed by atoms with Crippen LogP contribution in [0, 0.1) is 0 Å². The second kappa shape index (κ2) is 8.48. The third-order valence-corrected chi connectivity index (χ3v) is 4.81. The Morgan fingerprint density at radius 3 is 2.20 bits per heavy atom. The van der Waals surface area contributed by atoms with Crippen LogP contribution >= 0.6 is 0 Å². The minimum Gasteiger partial charge on any atom is -0.493 e. The molecule has 0 saturated carbocycles. The van der Waals surface area contributed by atoms with Crippen molar-refractivity contribution < 1.29 is 32.6 Å². The molecule has 1 aliphatic heterocycles. The number of methoxy groups -OCH3 is 1. The third kappa shape index (κ3) is 3.96. The second-order valence-corrected chi connectivity index (χ2v) is 6.76. The summed E-state index contributed by atoms with van der Waals surface area (Å²) in [5.41, 5.74) is 1.13. The van der Waals surface area contributed by atoms with Gasteiger partial charge in [-0.2, -0.15) is 8.78 Å². The maximum atomic E-state index is 12.9. The Morgan fingerprint density at radius 1 is 1.07 bits per heavy atom. The number of likely N-dealkylation sites (N-methyl/N-ethyl adjacent to an activating group) is 1. The topological polar surface area (TPSA) is 76.2 Å². The number of carbonyl (C=O) groups is 3. The number of halogens is 2. The van der Waals surface area contributed by atoms with E-state index in [9.17, 15) is 23.2 Å². The Kier molecular flexibility index (Phi) is 6.00. The number of hydrogen-bond acceptors (Lipinski definition) is 5. The van der Waals surface area contributed by atoms with Gasteiger partial charge in [0, 0.05) is 13.6 Å². The smallest absolute Gasteiger partial charge is 0.387 e. The number of nitrogens with zero attached hydrogens (tertiary/aromatic N) is 2. The van der Waals surface area contributed by atoms with Gasteiger partial charge in [0.25, 0.3) is 11.8 Å². The minimum atomic E-state index is -2.99. The summed E-state index contributed by atoms with van der Waals surface area (Å²) in [6, 6.07) is 9.72. The van der Waals surface area contributed by atoms with Crippen LogP contribution in [0.5, 0.6) is 11.5 Å². The monoisotopic (exact) mass is 418 g/mol. The first-order valence-corrected chi connectivity index (χ1v) is 9.08. The standard InChI is InChI=1S/C21H20F2N2O5/c1-12(25-19(27)14-6-4-5-7-15(14)20(25)28)18(26)24(2)11-13-8-9-16(30-21(22)23)17(10-13)29-3/h4-10,12,21H,11H2,1-3H3/t12-/m0/s1. The van der Waals surface area contributed by atoms with Crippen molar-refractivity contribution in [1.82, 2.24) is 9.80 Å². The zero-order valence-electron chi connectivity index (χ0n) is 16.6. The van der Waals surface area contributed by atoms with Crippen LogP contribution in [0.4, 0.5) is 8.78 Å². The summed E-state index contributed by atoms with van der Waals surface area (Å²) in [6.07, 6.45) is 0. The summed E-state index contributed by atoms with van der Waals surface area (Å²) in [5, 5.41) is 0. The van der Waals surface area contributed by atoms with E-state index in [0.29, 0.717) is 5.56 Å². The van der Waals surface area contributed by atoms with E-state index in [4.69, 9.17) is 4.74 Å². The quantitative estimate of drug-likeness (QED) is 0.647. The van der Waals surface area contributed by atoms with Crippen molar-refractivity contribution in [2.45, 2.75) is 26.1 Å². The third-order valence-electron chi connectivity index (χ3n) is 4.81. The molecular formula is C21H20F2N2O5. The van der Waals surface area contributed by atoms with Crippen LogP contribution in [0.15, 0.2) is 42.5 Å². The summed E-state index contributed by atoms with van der Waals surface area (Å²) < 4.78 is 34.4. The number of hydrogen-bond donors (Lipinski definition) is 0. The lowest BCUT2D eigenvalue weighted by Crippen LogP contribution is -2.48. The van der Waals surface area contributed by atoms with Crippen molar-refractivity contribution in [3.63, 3.8) is 0 Å². The molecule has 0 unspecified atom stereocenters. The molecule has 1 aliphatic rings. The molecule has 1 atom stereocenters. The van der Waals surface area contributed by atoms with Gasteiger partial charge in [0.15, 0.2) is 11.5 Å². The molecule has 0 spiro atoms. The van der Waals surface area contributed by atoms with Crippen LogP contribution < -0.4 is 9.47 Å². The Bertz CT molecular complexity index is 960. The van der Waals surface area contributed by atoms with Gasteiger partial charge in [-0.3, -0.25) is 19.3 Å². The highest BCUT2D eigenvalue weighted by atomic mass is 19.3. The molecule has 7 nitrogen and oxygen atoms in total. The Morgan fingerprint density at radius 2 is 1.67 bits per heavy atom. The zero-order chi connectivity index (χ0) is 22.0. The zero-order valence-corrected chi connectivity index (χ0v) is 16.6. The molecule has 2 aromatic carbocycles. The molecule has 0 N–H and O–H groups in total. The minimum absolute atomic E-state index is 0.0991. The molecule has 2 aromatic rings. The molecule has 9 heteroatoms. The lowest BCUT2D eigenvalue weighted by molar-refractivity contribution is -0.134. The second-order valence-electron chi connectivity index (χ2n) is 6.76. The van der Waals surface area contributed by atoms with E-state index in [1.807, 2.05) is 0 Å². The normalized spacial score (nSPS) is 14.0. The van der Waals surface area contributed by atoms with Gasteiger partial charge >= 0.3 is 6.61 Å². The summed E-state index contributed by atoms with van der Waals surface area (Å²) in [7, 11) is 2.84.